The van der Waals surface area contributed by atoms with Crippen LogP contribution in [0.2, 0.25) is 36.3 Å². The molecule has 3 fully saturated rings. The summed E-state index contributed by atoms with van der Waals surface area (Å²) in [4.78, 5) is 30.8. The fraction of sp³-hybridized carbons (Fsp3) is 0.727. The Morgan fingerprint density at radius 1 is 0.804 bits per heavy atom. The third-order valence-electron chi connectivity index (χ3n) is 11.0. The number of rotatable bonds is 10. The van der Waals surface area contributed by atoms with Gasteiger partial charge in [0.1, 0.15) is 0 Å². The number of hydrogen-bond acceptors (Lipinski definition) is 10. The van der Waals surface area contributed by atoms with Gasteiger partial charge >= 0.3 is 0 Å². The second-order valence-corrected chi connectivity index (χ2v) is 26.0. The predicted molar refractivity (Wildman–Crippen MR) is 188 cm³/mol. The molecule has 0 N–H and O–H groups in total. The lowest BCUT2D eigenvalue weighted by Crippen LogP contribution is -2.49. The van der Waals surface area contributed by atoms with Crippen LogP contribution in [0.5, 0.6) is 0 Å². The molecule has 254 valence electrons. The monoisotopic (exact) mass is 670 g/mol. The minimum Gasteiger partial charge on any atom is -0.415 e. The van der Waals surface area contributed by atoms with E-state index in [9.17, 15) is 10.1 Å². The van der Waals surface area contributed by atoms with E-state index in [0.717, 1.165) is 38.8 Å². The molecule has 3 aliphatic rings. The minimum absolute atomic E-state index is 0.0354. The van der Waals surface area contributed by atoms with Crippen molar-refractivity contribution in [2.45, 2.75) is 128 Å². The van der Waals surface area contributed by atoms with E-state index < -0.39 is 16.6 Å². The third kappa shape index (κ3) is 7.48. The topological polar surface area (TPSA) is 116 Å². The lowest BCUT2D eigenvalue weighted by Gasteiger charge is -2.40. The number of anilines is 2. The molecule has 11 nitrogen and oxygen atoms in total. The molecule has 1 aromatic heterocycles. The van der Waals surface area contributed by atoms with Crippen LogP contribution in [0.3, 0.4) is 0 Å². The van der Waals surface area contributed by atoms with Gasteiger partial charge in [0.15, 0.2) is 22.5 Å². The van der Waals surface area contributed by atoms with E-state index in [1.165, 1.54) is 12.1 Å². The van der Waals surface area contributed by atoms with Crippen molar-refractivity contribution in [2.75, 3.05) is 36.1 Å². The largest absolute Gasteiger partial charge is 0.415 e. The van der Waals surface area contributed by atoms with E-state index in [4.69, 9.17) is 28.5 Å². The number of non-ortho nitro benzene ring substituents is 1. The number of ether oxygens (including phenoxy) is 1. The van der Waals surface area contributed by atoms with Crippen LogP contribution in [0.15, 0.2) is 24.3 Å². The van der Waals surface area contributed by atoms with Crippen LogP contribution in [0.4, 0.5) is 17.6 Å². The van der Waals surface area contributed by atoms with E-state index in [-0.39, 0.29) is 45.0 Å². The van der Waals surface area contributed by atoms with E-state index in [2.05, 4.69) is 77.5 Å². The summed E-state index contributed by atoms with van der Waals surface area (Å²) in [5.74, 6) is 1.75. The molecule has 0 radical (unpaired) electrons. The molecule has 0 aliphatic carbocycles. The standard InChI is InChI=1S/C33H54N6O5Si2/c1-32(2,3)45(7,8)42-21-25-15-16-26(22-43-46(9,10)33(4,5)6)38(25)31-35-29(23-11-13-24(14-12-23)39(40)41)34-30(36-31)37-19-27-17-18-28(20-37)44-27/h11-14,25-28H,15-22H2,1-10H3/t25-,26+,27?,28?. The van der Waals surface area contributed by atoms with Crippen LogP contribution < -0.4 is 9.80 Å². The van der Waals surface area contributed by atoms with Gasteiger partial charge in [-0.1, -0.05) is 41.5 Å². The molecule has 2 aromatic rings. The average molecular weight is 671 g/mol. The molecule has 46 heavy (non-hydrogen) atoms. The van der Waals surface area contributed by atoms with Crippen molar-refractivity contribution in [3.63, 3.8) is 0 Å². The van der Waals surface area contributed by atoms with Crippen molar-refractivity contribution in [3.8, 4) is 11.4 Å². The van der Waals surface area contributed by atoms with Crippen molar-refractivity contribution < 1.29 is 18.5 Å². The highest BCUT2D eigenvalue weighted by molar-refractivity contribution is 6.74. The first kappa shape index (κ1) is 34.9. The van der Waals surface area contributed by atoms with Crippen molar-refractivity contribution in [3.05, 3.63) is 34.4 Å². The van der Waals surface area contributed by atoms with Gasteiger partial charge in [-0.25, -0.2) is 0 Å². The summed E-state index contributed by atoms with van der Waals surface area (Å²) >= 11 is 0. The van der Waals surface area contributed by atoms with Crippen LogP contribution >= 0.6 is 0 Å². The van der Waals surface area contributed by atoms with E-state index in [1.54, 1.807) is 12.1 Å². The molecule has 3 aliphatic heterocycles. The highest BCUT2D eigenvalue weighted by Crippen LogP contribution is 2.40. The highest BCUT2D eigenvalue weighted by atomic mass is 28.4. The molecule has 0 saturated carbocycles. The van der Waals surface area contributed by atoms with Gasteiger partial charge in [0.2, 0.25) is 11.9 Å². The lowest BCUT2D eigenvalue weighted by molar-refractivity contribution is -0.384. The SMILES string of the molecule is CC(C)(C)[Si](C)(C)OC[C@H]1CC[C@@H](CO[Si](C)(C)C(C)(C)C)N1c1nc(-c2ccc([N+](=O)[O-])cc2)nc(N2CC3CCC(C2)O3)n1. The van der Waals surface area contributed by atoms with Gasteiger partial charge in [-0.3, -0.25) is 10.1 Å². The zero-order valence-electron chi connectivity index (χ0n) is 29.5. The maximum atomic E-state index is 11.4. The summed E-state index contributed by atoms with van der Waals surface area (Å²) in [5.41, 5.74) is 0.752. The number of nitro benzene ring substituents is 1. The van der Waals surface area contributed by atoms with Gasteiger partial charge in [-0.15, -0.1) is 0 Å². The number of morpholine rings is 1. The first-order chi connectivity index (χ1) is 21.3. The molecule has 2 unspecified atom stereocenters. The normalized spacial score (nSPS) is 24.1. The Kier molecular flexibility index (Phi) is 9.75. The van der Waals surface area contributed by atoms with Crippen LogP contribution in [0.1, 0.15) is 67.2 Å². The molecule has 4 heterocycles. The van der Waals surface area contributed by atoms with E-state index >= 15 is 0 Å². The van der Waals surface area contributed by atoms with Gasteiger partial charge in [0.25, 0.3) is 5.69 Å². The molecule has 0 amide bonds. The van der Waals surface area contributed by atoms with Crippen LogP contribution in [0, 0.1) is 10.1 Å². The third-order valence-corrected chi connectivity index (χ3v) is 20.0. The summed E-state index contributed by atoms with van der Waals surface area (Å²) in [6, 6.07) is 6.64. The smallest absolute Gasteiger partial charge is 0.269 e. The quantitative estimate of drug-likeness (QED) is 0.146. The molecule has 3 saturated heterocycles. The van der Waals surface area contributed by atoms with Gasteiger partial charge in [0.05, 0.1) is 42.4 Å². The summed E-state index contributed by atoms with van der Waals surface area (Å²) in [6.07, 6.45) is 4.33. The Hall–Kier alpha value is -2.46. The number of nitrogens with zero attached hydrogens (tertiary/aromatic N) is 6. The van der Waals surface area contributed by atoms with Crippen molar-refractivity contribution >= 4 is 34.2 Å². The minimum atomic E-state index is -2.00. The summed E-state index contributed by atoms with van der Waals surface area (Å²) < 4.78 is 19.8. The maximum Gasteiger partial charge on any atom is 0.269 e. The number of aromatic nitrogens is 3. The zero-order chi connectivity index (χ0) is 33.7. The number of hydrogen-bond donors (Lipinski definition) is 0. The van der Waals surface area contributed by atoms with Gasteiger partial charge in [0, 0.05) is 30.8 Å². The summed E-state index contributed by atoms with van der Waals surface area (Å²) in [6.45, 7) is 25.5. The molecule has 13 heteroatoms. The fourth-order valence-electron chi connectivity index (χ4n) is 5.91. The molecule has 1 aromatic carbocycles. The molecule has 4 atom stereocenters. The molecule has 0 spiro atoms. The van der Waals surface area contributed by atoms with Crippen molar-refractivity contribution in [1.29, 1.82) is 0 Å². The lowest BCUT2D eigenvalue weighted by atomic mass is 10.2. The average Bonchev–Trinajstić information content (AvgIpc) is 3.55. The van der Waals surface area contributed by atoms with Gasteiger partial charge in [-0.2, -0.15) is 15.0 Å². The number of nitro groups is 1. The van der Waals surface area contributed by atoms with Crippen LogP contribution in [-0.2, 0) is 13.6 Å². The molecule has 2 bridgehead atoms. The summed E-state index contributed by atoms with van der Waals surface area (Å²) in [5, 5.41) is 11.6. The van der Waals surface area contributed by atoms with E-state index in [1.807, 2.05) is 0 Å². The Morgan fingerprint density at radius 2 is 1.28 bits per heavy atom. The van der Waals surface area contributed by atoms with Crippen molar-refractivity contribution in [1.82, 2.24) is 15.0 Å². The summed E-state index contributed by atoms with van der Waals surface area (Å²) in [7, 11) is -4.01. The van der Waals surface area contributed by atoms with Crippen LogP contribution in [0.25, 0.3) is 11.4 Å². The second-order valence-electron chi connectivity index (χ2n) is 16.4. The Bertz CT molecular complexity index is 1340. The number of fused-ring (bicyclic) bond motifs is 2. The maximum absolute atomic E-state index is 11.4. The number of benzene rings is 1. The predicted octanol–water partition coefficient (Wildman–Crippen LogP) is 7.20. The van der Waals surface area contributed by atoms with Gasteiger partial charge in [-0.05, 0) is 74.1 Å². The Labute approximate surface area is 276 Å². The first-order valence-corrected chi connectivity index (χ1v) is 22.6. The van der Waals surface area contributed by atoms with Crippen LogP contribution in [-0.4, -0.2) is 87.1 Å². The zero-order valence-corrected chi connectivity index (χ0v) is 31.5. The van der Waals surface area contributed by atoms with E-state index in [0.29, 0.717) is 36.5 Å². The molecule has 5 rings (SSSR count). The second kappa shape index (κ2) is 12.9. The fourth-order valence-corrected chi connectivity index (χ4v) is 7.99. The van der Waals surface area contributed by atoms with Gasteiger partial charge < -0.3 is 23.4 Å². The first-order valence-electron chi connectivity index (χ1n) is 16.8. The van der Waals surface area contributed by atoms with Crippen molar-refractivity contribution in [2.24, 2.45) is 0 Å². The molecular formula is C33H54N6O5Si2. The Balaban J connectivity index is 1.54. The molecular weight excluding hydrogens is 617 g/mol. The highest BCUT2D eigenvalue weighted by Gasteiger charge is 2.44. The Morgan fingerprint density at radius 3 is 1.74 bits per heavy atom.